The molecule has 1 aromatic carbocycles. The van der Waals surface area contributed by atoms with Crippen molar-refractivity contribution < 1.29 is 43.5 Å². The maximum Gasteiger partial charge on any atom is 0.305 e. The molecule has 7 amide bonds. The summed E-state index contributed by atoms with van der Waals surface area (Å²) in [5.41, 5.74) is 17.8. The number of hydrogen-bond donors (Lipinski definition) is 10. The summed E-state index contributed by atoms with van der Waals surface area (Å²) in [5, 5.41) is 23.1. The van der Waals surface area contributed by atoms with E-state index in [4.69, 9.17) is 17.2 Å². The minimum Gasteiger partial charge on any atom is -0.481 e. The van der Waals surface area contributed by atoms with Gasteiger partial charge in [0.1, 0.15) is 30.2 Å². The van der Waals surface area contributed by atoms with Crippen LogP contribution in [0.15, 0.2) is 35.5 Å². The number of nitrogens with one attached hydrogen (secondary N) is 6. The summed E-state index contributed by atoms with van der Waals surface area (Å²) >= 11 is 0. The third-order valence-electron chi connectivity index (χ3n) is 9.24. The van der Waals surface area contributed by atoms with Gasteiger partial charge < -0.3 is 58.8 Å². The van der Waals surface area contributed by atoms with E-state index in [1.54, 1.807) is 12.3 Å². The number of nitrogens with two attached hydrogens (primary N) is 3. The highest BCUT2D eigenvalue weighted by Gasteiger charge is 2.40. The molecular weight excluding hydrogens is 783 g/mol. The average Bonchev–Trinajstić information content (AvgIpc) is 3.82. The molecule has 0 aliphatic carbocycles. The van der Waals surface area contributed by atoms with Gasteiger partial charge in [-0.1, -0.05) is 39.8 Å². The van der Waals surface area contributed by atoms with Gasteiger partial charge in [0, 0.05) is 54.5 Å². The molecule has 0 saturated carbocycles. The van der Waals surface area contributed by atoms with Gasteiger partial charge in [0.2, 0.25) is 41.4 Å². The van der Waals surface area contributed by atoms with Crippen LogP contribution in [0.5, 0.6) is 0 Å². The number of guanidine groups is 1. The molecule has 0 bridgehead atoms. The second-order valence-electron chi connectivity index (χ2n) is 13.5. The number of carboxylic acids is 1. The number of nitrogens with zero attached hydrogens (tertiary/aromatic N) is 2. The molecule has 1 aromatic heterocycles. The zero-order valence-corrected chi connectivity index (χ0v) is 32.8. The number of para-hydroxylation sites is 1. The number of H-pyrrole nitrogens is 1. The number of carbonyl (C=O) groups excluding carboxylic acids is 7. The van der Waals surface area contributed by atoms with Crippen molar-refractivity contribution in [1.29, 1.82) is 0 Å². The van der Waals surface area contributed by atoms with E-state index in [1.165, 1.54) is 26.5 Å². The van der Waals surface area contributed by atoms with E-state index >= 15 is 0 Å². The zero-order chi connectivity index (χ0) is 41.5. The quantitative estimate of drug-likeness (QED) is 0.0534. The minimum absolute atomic E-state index is 0.0195. The maximum absolute atomic E-state index is 14.3. The Morgan fingerprint density at radius 1 is 0.877 bits per heavy atom. The molecule has 4 rings (SSSR count). The summed E-state index contributed by atoms with van der Waals surface area (Å²) in [7, 11) is 2.45. The number of aromatic nitrogens is 1. The highest BCUT2D eigenvalue weighted by molar-refractivity contribution is 8.76. The first kappa shape index (κ1) is 44.2. The first-order chi connectivity index (χ1) is 27.2. The molecule has 57 heavy (non-hydrogen) atoms. The van der Waals surface area contributed by atoms with E-state index in [0.29, 0.717) is 24.8 Å². The van der Waals surface area contributed by atoms with E-state index in [9.17, 15) is 43.5 Å². The zero-order valence-electron chi connectivity index (χ0n) is 31.1. The lowest BCUT2D eigenvalue weighted by Gasteiger charge is -2.30. The minimum atomic E-state index is -1.68. The predicted molar refractivity (Wildman–Crippen MR) is 213 cm³/mol. The standard InChI is InChI=1S/C35H49N11O9S2/c36-30(51)25-18-57-56-13-10-27(47)42-22(8-3-4-11-39-35(37)38)31(52)41-17-28(48)43-23(15-29(49)50)32(53)44-24(14-19-16-40-21-7-2-1-6-20(19)21)34(55)46-12-5-9-26(46)33(54)45-25/h1-2,6-7,16,22-26,40H,3-5,8-15,17-18H2,(H2,36,51)(H,41,52)(H,42,47)(H,43,48)(H,44,53)(H,45,54)(H,49,50)(H4,37,38,39)/t22-,23-,24-,25+,26-/m0/s1. The van der Waals surface area contributed by atoms with Gasteiger partial charge in [-0.05, 0) is 43.7 Å². The first-order valence-corrected chi connectivity index (χ1v) is 20.9. The van der Waals surface area contributed by atoms with Crippen molar-refractivity contribution in [2.75, 3.05) is 31.1 Å². The van der Waals surface area contributed by atoms with E-state index in [2.05, 4.69) is 36.6 Å². The number of rotatable bonds is 10. The summed E-state index contributed by atoms with van der Waals surface area (Å²) in [6.07, 6.45) is 2.48. The molecule has 22 heteroatoms. The average molecular weight is 832 g/mol. The molecule has 3 heterocycles. The summed E-state index contributed by atoms with van der Waals surface area (Å²) in [6.45, 7) is -0.233. The van der Waals surface area contributed by atoms with Gasteiger partial charge in [-0.2, -0.15) is 0 Å². The van der Waals surface area contributed by atoms with Crippen molar-refractivity contribution >= 4 is 85.8 Å². The van der Waals surface area contributed by atoms with Crippen LogP contribution in [0.1, 0.15) is 50.5 Å². The molecule has 5 atom stereocenters. The lowest BCUT2D eigenvalue weighted by molar-refractivity contribution is -0.143. The number of carbonyl (C=O) groups is 8. The predicted octanol–water partition coefficient (Wildman–Crippen LogP) is -2.05. The first-order valence-electron chi connectivity index (χ1n) is 18.4. The van der Waals surface area contributed by atoms with Gasteiger partial charge in [0.25, 0.3) is 0 Å². The number of fused-ring (bicyclic) bond motifs is 2. The Hall–Kier alpha value is -5.51. The molecule has 0 radical (unpaired) electrons. The Bertz CT molecular complexity index is 1840. The van der Waals surface area contributed by atoms with Crippen LogP contribution in [0, 0.1) is 0 Å². The van der Waals surface area contributed by atoms with Crippen molar-refractivity contribution in [2.24, 2.45) is 22.2 Å². The van der Waals surface area contributed by atoms with Crippen molar-refractivity contribution in [3.05, 3.63) is 36.0 Å². The van der Waals surface area contributed by atoms with Gasteiger partial charge in [-0.15, -0.1) is 0 Å². The molecule has 2 aliphatic heterocycles. The van der Waals surface area contributed by atoms with Gasteiger partial charge >= 0.3 is 5.97 Å². The summed E-state index contributed by atoms with van der Waals surface area (Å²) in [4.78, 5) is 114. The number of carboxylic acid groups (broad SMARTS) is 1. The Kier molecular flexibility index (Phi) is 16.8. The fraction of sp³-hybridized carbons (Fsp3) is 0.514. The molecule has 20 nitrogen and oxygen atoms in total. The van der Waals surface area contributed by atoms with Crippen LogP contribution >= 0.6 is 21.6 Å². The van der Waals surface area contributed by atoms with Gasteiger partial charge in [-0.25, -0.2) is 0 Å². The highest BCUT2D eigenvalue weighted by Crippen LogP contribution is 2.25. The summed E-state index contributed by atoms with van der Waals surface area (Å²) < 4.78 is 0. The van der Waals surface area contributed by atoms with Gasteiger partial charge in [0.05, 0.1) is 13.0 Å². The number of hydrogen-bond acceptors (Lipinski definition) is 11. The number of unbranched alkanes of at least 4 members (excludes halogenated alkanes) is 1. The smallest absolute Gasteiger partial charge is 0.305 e. The molecule has 310 valence electrons. The van der Waals surface area contributed by atoms with Crippen LogP contribution in [0.25, 0.3) is 10.9 Å². The van der Waals surface area contributed by atoms with Gasteiger partial charge in [0.15, 0.2) is 5.96 Å². The number of aromatic amines is 1. The molecule has 0 spiro atoms. The van der Waals surface area contributed by atoms with Crippen LogP contribution in [-0.2, 0) is 44.8 Å². The Labute approximate surface area is 335 Å². The second-order valence-corrected chi connectivity index (χ2v) is 16.1. The summed E-state index contributed by atoms with van der Waals surface area (Å²) in [6, 6.07) is 1.07. The molecule has 2 aromatic rings. The van der Waals surface area contributed by atoms with E-state index < -0.39 is 90.5 Å². The van der Waals surface area contributed by atoms with E-state index in [1.807, 2.05) is 18.2 Å². The number of aliphatic carboxylic acids is 1. The largest absolute Gasteiger partial charge is 0.481 e. The Morgan fingerprint density at radius 3 is 2.37 bits per heavy atom. The molecule has 2 aliphatic rings. The molecule has 13 N–H and O–H groups in total. The third kappa shape index (κ3) is 13.6. The number of benzene rings is 1. The Balaban J connectivity index is 1.61. The number of amides is 7. The maximum atomic E-state index is 14.3. The van der Waals surface area contributed by atoms with Crippen molar-refractivity contribution in [2.45, 2.75) is 81.6 Å². The van der Waals surface area contributed by atoms with Crippen molar-refractivity contribution in [3.63, 3.8) is 0 Å². The van der Waals surface area contributed by atoms with E-state index in [-0.39, 0.29) is 56.2 Å². The van der Waals surface area contributed by atoms with Crippen LogP contribution in [-0.4, -0.2) is 130 Å². The molecule has 2 fully saturated rings. The van der Waals surface area contributed by atoms with Crippen molar-refractivity contribution in [3.8, 4) is 0 Å². The normalized spacial score (nSPS) is 23.6. The number of aliphatic imine (C=N–C) groups is 1. The fourth-order valence-corrected chi connectivity index (χ4v) is 8.56. The van der Waals surface area contributed by atoms with Crippen molar-refractivity contribution in [1.82, 2.24) is 36.5 Å². The lowest BCUT2D eigenvalue weighted by atomic mass is 10.0. The fourth-order valence-electron chi connectivity index (χ4n) is 6.39. The Morgan fingerprint density at radius 2 is 1.63 bits per heavy atom. The topological polar surface area (TPSA) is 326 Å². The van der Waals surface area contributed by atoms with Gasteiger partial charge in [-0.3, -0.25) is 43.3 Å². The number of primary amides is 1. The van der Waals surface area contributed by atoms with Crippen LogP contribution in [0.2, 0.25) is 0 Å². The van der Waals surface area contributed by atoms with Crippen LogP contribution in [0.4, 0.5) is 0 Å². The van der Waals surface area contributed by atoms with Crippen LogP contribution in [0.3, 0.4) is 0 Å². The monoisotopic (exact) mass is 831 g/mol. The molecule has 0 unspecified atom stereocenters. The van der Waals surface area contributed by atoms with Crippen LogP contribution < -0.4 is 43.8 Å². The summed E-state index contributed by atoms with van der Waals surface area (Å²) in [5.74, 6) is -6.35. The second kappa shape index (κ2) is 21.7. The molecule has 2 saturated heterocycles. The SMILES string of the molecule is NC(=O)[C@H]1CSSCCC(=O)N[C@@H](CCCCN=C(N)N)C(=O)NCC(=O)N[C@@H](CC(=O)O)C(=O)N[C@@H](Cc2c[nH]c3ccccc23)C(=O)N2CCC[C@H]2C(=O)N1. The molecular formula is C35H49N11O9S2. The third-order valence-corrected chi connectivity index (χ3v) is 11.7. The lowest BCUT2D eigenvalue weighted by Crippen LogP contribution is -2.59. The highest BCUT2D eigenvalue weighted by atomic mass is 33.1. The van der Waals surface area contributed by atoms with E-state index in [0.717, 1.165) is 10.9 Å².